The van der Waals surface area contributed by atoms with Crippen molar-refractivity contribution in [1.82, 2.24) is 10.3 Å². The maximum absolute atomic E-state index is 11.1. The molecule has 0 fully saturated rings. The van der Waals surface area contributed by atoms with Crippen molar-refractivity contribution < 1.29 is 14.7 Å². The van der Waals surface area contributed by atoms with Crippen LogP contribution in [0, 0.1) is 0 Å². The summed E-state index contributed by atoms with van der Waals surface area (Å²) in [7, 11) is 0. The van der Waals surface area contributed by atoms with Crippen molar-refractivity contribution in [2.75, 3.05) is 0 Å². The molecular weight excluding hydrogens is 196 g/mol. The third-order valence-corrected chi connectivity index (χ3v) is 2.03. The predicted molar refractivity (Wildman–Crippen MR) is 53.0 cm³/mol. The van der Waals surface area contributed by atoms with Crippen molar-refractivity contribution >= 4 is 11.9 Å². The molecule has 5 heteroatoms. The summed E-state index contributed by atoms with van der Waals surface area (Å²) in [6.07, 6.45) is 1.48. The number of pyridine rings is 1. The highest BCUT2D eigenvalue weighted by Gasteiger charge is 2.37. The van der Waals surface area contributed by atoms with Crippen molar-refractivity contribution in [3.05, 3.63) is 30.1 Å². The lowest BCUT2D eigenvalue weighted by Crippen LogP contribution is -2.49. The maximum Gasteiger partial charge on any atom is 0.335 e. The largest absolute Gasteiger partial charge is 0.479 e. The smallest absolute Gasteiger partial charge is 0.335 e. The van der Waals surface area contributed by atoms with E-state index in [9.17, 15) is 9.59 Å². The summed E-state index contributed by atoms with van der Waals surface area (Å²) in [5, 5.41) is 11.5. The van der Waals surface area contributed by atoms with Gasteiger partial charge in [-0.05, 0) is 19.1 Å². The van der Waals surface area contributed by atoms with Crippen LogP contribution in [0.25, 0.3) is 0 Å². The van der Waals surface area contributed by atoms with Crippen molar-refractivity contribution in [3.8, 4) is 0 Å². The fraction of sp³-hybridized carbons (Fsp3) is 0.300. The van der Waals surface area contributed by atoms with Gasteiger partial charge in [0.2, 0.25) is 5.91 Å². The number of carbonyl (C=O) groups excluding carboxylic acids is 1. The van der Waals surface area contributed by atoms with Gasteiger partial charge < -0.3 is 10.4 Å². The van der Waals surface area contributed by atoms with E-state index in [0.717, 1.165) is 0 Å². The van der Waals surface area contributed by atoms with Crippen LogP contribution in [0.5, 0.6) is 0 Å². The van der Waals surface area contributed by atoms with Gasteiger partial charge in [0.25, 0.3) is 0 Å². The molecule has 0 bridgehead atoms. The minimum absolute atomic E-state index is 0.299. The summed E-state index contributed by atoms with van der Waals surface area (Å²) in [5.74, 6) is -1.55. The summed E-state index contributed by atoms with van der Waals surface area (Å²) >= 11 is 0. The molecular formula is C10H12N2O3. The van der Waals surface area contributed by atoms with E-state index >= 15 is 0 Å². The normalized spacial score (nSPS) is 14.0. The number of carbonyl (C=O) groups is 2. The lowest BCUT2D eigenvalue weighted by Gasteiger charge is -2.24. The van der Waals surface area contributed by atoms with Crippen LogP contribution in [0.2, 0.25) is 0 Å². The summed E-state index contributed by atoms with van der Waals surface area (Å²) in [6.45, 7) is 2.67. The van der Waals surface area contributed by atoms with E-state index < -0.39 is 17.4 Å². The summed E-state index contributed by atoms with van der Waals surface area (Å²) in [4.78, 5) is 26.0. The average Bonchev–Trinajstić information content (AvgIpc) is 2.17. The first-order valence-corrected chi connectivity index (χ1v) is 4.40. The van der Waals surface area contributed by atoms with Gasteiger partial charge in [0, 0.05) is 13.1 Å². The van der Waals surface area contributed by atoms with Gasteiger partial charge in [-0.15, -0.1) is 0 Å². The average molecular weight is 208 g/mol. The first kappa shape index (κ1) is 11.2. The van der Waals surface area contributed by atoms with Gasteiger partial charge in [-0.25, -0.2) is 4.79 Å². The number of amides is 1. The number of carboxylic acids is 1. The van der Waals surface area contributed by atoms with Crippen LogP contribution in [-0.4, -0.2) is 22.0 Å². The predicted octanol–water partition coefficient (Wildman–Crippen LogP) is 0.517. The van der Waals surface area contributed by atoms with Crippen LogP contribution in [0.3, 0.4) is 0 Å². The van der Waals surface area contributed by atoms with Crippen LogP contribution in [-0.2, 0) is 15.1 Å². The van der Waals surface area contributed by atoms with Crippen LogP contribution < -0.4 is 5.32 Å². The Balaban J connectivity index is 3.13. The van der Waals surface area contributed by atoms with Gasteiger partial charge in [0.15, 0.2) is 5.54 Å². The SMILES string of the molecule is CC(=O)NC(C)(C(=O)O)c1ccccn1. The molecule has 1 aromatic rings. The van der Waals surface area contributed by atoms with E-state index in [1.807, 2.05) is 0 Å². The number of aliphatic carboxylic acids is 1. The molecule has 0 saturated heterocycles. The van der Waals surface area contributed by atoms with Crippen molar-refractivity contribution in [2.45, 2.75) is 19.4 Å². The monoisotopic (exact) mass is 208 g/mol. The molecule has 0 aromatic carbocycles. The van der Waals surface area contributed by atoms with Crippen molar-refractivity contribution in [3.63, 3.8) is 0 Å². The zero-order valence-electron chi connectivity index (χ0n) is 8.52. The van der Waals surface area contributed by atoms with E-state index in [2.05, 4.69) is 10.3 Å². The van der Waals surface area contributed by atoms with Gasteiger partial charge in [0.05, 0.1) is 5.69 Å². The second-order valence-corrected chi connectivity index (χ2v) is 3.33. The molecule has 1 atom stereocenters. The molecule has 1 unspecified atom stereocenters. The van der Waals surface area contributed by atoms with Gasteiger partial charge in [-0.3, -0.25) is 9.78 Å². The Morgan fingerprint density at radius 1 is 1.47 bits per heavy atom. The highest BCUT2D eigenvalue weighted by atomic mass is 16.4. The highest BCUT2D eigenvalue weighted by Crippen LogP contribution is 2.18. The number of hydrogen-bond acceptors (Lipinski definition) is 3. The van der Waals surface area contributed by atoms with Crippen LogP contribution in [0.4, 0.5) is 0 Å². The number of rotatable bonds is 3. The standard InChI is InChI=1S/C10H12N2O3/c1-7(13)12-10(2,9(14)15)8-5-3-4-6-11-8/h3-6H,1-2H3,(H,12,13)(H,14,15). The van der Waals surface area contributed by atoms with E-state index in [0.29, 0.717) is 5.69 Å². The minimum Gasteiger partial charge on any atom is -0.479 e. The fourth-order valence-corrected chi connectivity index (χ4v) is 1.24. The van der Waals surface area contributed by atoms with Gasteiger partial charge >= 0.3 is 5.97 Å². The Kier molecular flexibility index (Phi) is 3.04. The van der Waals surface area contributed by atoms with Crippen LogP contribution in [0.1, 0.15) is 19.5 Å². The highest BCUT2D eigenvalue weighted by molar-refractivity contribution is 5.86. The molecule has 0 aliphatic carbocycles. The Hall–Kier alpha value is -1.91. The second kappa shape index (κ2) is 4.08. The minimum atomic E-state index is -1.48. The zero-order chi connectivity index (χ0) is 11.5. The van der Waals surface area contributed by atoms with Crippen LogP contribution >= 0.6 is 0 Å². The quantitative estimate of drug-likeness (QED) is 0.758. The van der Waals surface area contributed by atoms with Gasteiger partial charge in [-0.1, -0.05) is 6.07 Å². The van der Waals surface area contributed by atoms with E-state index in [4.69, 9.17) is 5.11 Å². The zero-order valence-corrected chi connectivity index (χ0v) is 8.52. The van der Waals surface area contributed by atoms with E-state index in [1.54, 1.807) is 18.2 Å². The number of hydrogen-bond donors (Lipinski definition) is 2. The van der Waals surface area contributed by atoms with E-state index in [1.165, 1.54) is 20.0 Å². The lowest BCUT2D eigenvalue weighted by molar-refractivity contribution is -0.147. The number of nitrogens with zero attached hydrogens (tertiary/aromatic N) is 1. The van der Waals surface area contributed by atoms with Crippen LogP contribution in [0.15, 0.2) is 24.4 Å². The van der Waals surface area contributed by atoms with E-state index in [-0.39, 0.29) is 0 Å². The third kappa shape index (κ3) is 2.31. The molecule has 1 heterocycles. The maximum atomic E-state index is 11.1. The topological polar surface area (TPSA) is 79.3 Å². The lowest BCUT2D eigenvalue weighted by atomic mass is 9.97. The number of carboxylic acid groups (broad SMARTS) is 1. The molecule has 1 aromatic heterocycles. The molecule has 0 radical (unpaired) electrons. The van der Waals surface area contributed by atoms with Gasteiger partial charge in [0.1, 0.15) is 0 Å². The molecule has 15 heavy (non-hydrogen) atoms. The summed E-state index contributed by atoms with van der Waals surface area (Å²) in [5.41, 5.74) is -1.18. The first-order chi connectivity index (χ1) is 6.97. The molecule has 0 aliphatic heterocycles. The summed E-state index contributed by atoms with van der Waals surface area (Å²) < 4.78 is 0. The fourth-order valence-electron chi connectivity index (χ4n) is 1.24. The Morgan fingerprint density at radius 3 is 2.53 bits per heavy atom. The number of nitrogens with one attached hydrogen (secondary N) is 1. The molecule has 80 valence electrons. The second-order valence-electron chi connectivity index (χ2n) is 3.33. The van der Waals surface area contributed by atoms with Crippen molar-refractivity contribution in [2.24, 2.45) is 0 Å². The summed E-state index contributed by atoms with van der Waals surface area (Å²) in [6, 6.07) is 4.91. The van der Waals surface area contributed by atoms with Crippen molar-refractivity contribution in [1.29, 1.82) is 0 Å². The molecule has 1 amide bonds. The molecule has 0 saturated carbocycles. The third-order valence-electron chi connectivity index (χ3n) is 2.03. The molecule has 2 N–H and O–H groups in total. The Morgan fingerprint density at radius 2 is 2.13 bits per heavy atom. The molecule has 1 rings (SSSR count). The first-order valence-electron chi connectivity index (χ1n) is 4.40. The molecule has 0 aliphatic rings. The molecule has 0 spiro atoms. The Bertz CT molecular complexity index is 378. The number of aromatic nitrogens is 1. The molecule has 5 nitrogen and oxygen atoms in total. The van der Waals surface area contributed by atoms with Gasteiger partial charge in [-0.2, -0.15) is 0 Å². The Labute approximate surface area is 87.1 Å².